The fourth-order valence-electron chi connectivity index (χ4n) is 3.90. The van der Waals surface area contributed by atoms with Crippen molar-refractivity contribution in [3.05, 3.63) is 47.0 Å². The Labute approximate surface area is 199 Å². The zero-order valence-corrected chi connectivity index (χ0v) is 21.6. The molecule has 0 fully saturated rings. The topological polar surface area (TPSA) is 67.4 Å². The minimum absolute atomic E-state index is 0.0326. The lowest BCUT2D eigenvalue weighted by Gasteiger charge is -2.40. The minimum atomic E-state index is -0.726. The molecule has 180 valence electrons. The monoisotopic (exact) mass is 464 g/mol. The van der Waals surface area contributed by atoms with Gasteiger partial charge in [-0.2, -0.15) is 0 Å². The third kappa shape index (κ3) is 8.50. The second-order valence-electron chi connectivity index (χ2n) is 10.0. The third-order valence-corrected chi connectivity index (χ3v) is 6.08. The maximum atomic E-state index is 12.7. The molecule has 0 radical (unpaired) electrons. The lowest BCUT2D eigenvalue weighted by molar-refractivity contribution is -0.142. The van der Waals surface area contributed by atoms with Gasteiger partial charge in [0.15, 0.2) is 0 Å². The first-order valence-corrected chi connectivity index (χ1v) is 11.8. The van der Waals surface area contributed by atoms with Crippen LogP contribution in [0.1, 0.15) is 72.4 Å². The molecule has 2 atom stereocenters. The molecule has 0 saturated carbocycles. The number of carbonyl (C=O) groups is 2. The van der Waals surface area contributed by atoms with Crippen molar-refractivity contribution in [1.29, 1.82) is 0 Å². The SMILES string of the molecule is C=CC(C(C)C)C(C)(NC(=O)NCCC(=O)OCC)c1ccc(CCC(C)(C)C)c(Cl)c1. The normalized spacial score (nSPS) is 14.4. The van der Waals surface area contributed by atoms with Gasteiger partial charge in [-0.15, -0.1) is 6.58 Å². The maximum absolute atomic E-state index is 12.7. The van der Waals surface area contributed by atoms with Crippen molar-refractivity contribution in [2.24, 2.45) is 17.3 Å². The Morgan fingerprint density at radius 2 is 1.88 bits per heavy atom. The highest BCUT2D eigenvalue weighted by molar-refractivity contribution is 6.31. The predicted octanol–water partition coefficient (Wildman–Crippen LogP) is 6.24. The van der Waals surface area contributed by atoms with Gasteiger partial charge in [-0.1, -0.05) is 64.4 Å². The number of rotatable bonds is 11. The maximum Gasteiger partial charge on any atom is 0.315 e. The minimum Gasteiger partial charge on any atom is -0.466 e. The first-order valence-electron chi connectivity index (χ1n) is 11.5. The highest BCUT2D eigenvalue weighted by Crippen LogP contribution is 2.37. The molecule has 0 heterocycles. The van der Waals surface area contributed by atoms with Crippen molar-refractivity contribution in [3.8, 4) is 0 Å². The Morgan fingerprint density at radius 3 is 2.38 bits per heavy atom. The number of amides is 2. The van der Waals surface area contributed by atoms with Gasteiger partial charge in [0.2, 0.25) is 0 Å². The summed E-state index contributed by atoms with van der Waals surface area (Å²) >= 11 is 6.67. The number of aryl methyl sites for hydroxylation is 1. The van der Waals surface area contributed by atoms with Crippen LogP contribution in [0, 0.1) is 17.3 Å². The summed E-state index contributed by atoms with van der Waals surface area (Å²) in [6.45, 7) is 19.1. The average molecular weight is 465 g/mol. The number of hydrogen-bond acceptors (Lipinski definition) is 3. The molecule has 32 heavy (non-hydrogen) atoms. The summed E-state index contributed by atoms with van der Waals surface area (Å²) in [7, 11) is 0. The molecule has 1 aromatic carbocycles. The van der Waals surface area contributed by atoms with E-state index in [0.717, 1.165) is 24.0 Å². The van der Waals surface area contributed by atoms with E-state index in [2.05, 4.69) is 57.9 Å². The Hall–Kier alpha value is -2.01. The second-order valence-corrected chi connectivity index (χ2v) is 10.4. The summed E-state index contributed by atoms with van der Waals surface area (Å²) in [5, 5.41) is 6.58. The van der Waals surface area contributed by atoms with Crippen LogP contribution in [-0.2, 0) is 21.5 Å². The Bertz CT molecular complexity index is 786. The van der Waals surface area contributed by atoms with Crippen LogP contribution < -0.4 is 10.6 Å². The van der Waals surface area contributed by atoms with E-state index >= 15 is 0 Å². The number of nitrogens with one attached hydrogen (secondary N) is 2. The molecule has 1 aromatic rings. The van der Waals surface area contributed by atoms with E-state index in [1.807, 2.05) is 25.1 Å². The third-order valence-electron chi connectivity index (χ3n) is 5.73. The lowest BCUT2D eigenvalue weighted by atomic mass is 9.73. The standard InChI is InChI=1S/C26H41ClN2O3/c1-9-21(18(3)4)26(8,29-24(31)28-16-14-23(30)32-10-2)20-12-11-19(22(27)17-20)13-15-25(5,6)7/h9,11-12,17-18,21H,1,10,13-16H2,2-8H3,(H2,28,29,31). The number of benzene rings is 1. The zero-order chi connectivity index (χ0) is 24.5. The molecule has 0 saturated heterocycles. The smallest absolute Gasteiger partial charge is 0.315 e. The quantitative estimate of drug-likeness (QED) is 0.300. The number of carbonyl (C=O) groups excluding carboxylic acids is 2. The van der Waals surface area contributed by atoms with E-state index < -0.39 is 5.54 Å². The number of hydrogen-bond donors (Lipinski definition) is 2. The number of ether oxygens (including phenoxy) is 1. The van der Waals surface area contributed by atoms with Gasteiger partial charge in [-0.3, -0.25) is 4.79 Å². The van der Waals surface area contributed by atoms with Crippen molar-refractivity contribution in [2.75, 3.05) is 13.2 Å². The van der Waals surface area contributed by atoms with E-state index in [0.29, 0.717) is 11.6 Å². The molecule has 0 aliphatic carbocycles. The van der Waals surface area contributed by atoms with E-state index in [9.17, 15) is 9.59 Å². The van der Waals surface area contributed by atoms with Crippen molar-refractivity contribution in [2.45, 2.75) is 73.3 Å². The summed E-state index contributed by atoms with van der Waals surface area (Å²) in [6.07, 6.45) is 3.94. The fraction of sp³-hybridized carbons (Fsp3) is 0.615. The number of urea groups is 1. The molecule has 1 rings (SSSR count). The van der Waals surface area contributed by atoms with Gasteiger partial charge < -0.3 is 15.4 Å². The molecule has 0 spiro atoms. The largest absolute Gasteiger partial charge is 0.466 e. The zero-order valence-electron chi connectivity index (χ0n) is 20.8. The van der Waals surface area contributed by atoms with Crippen LogP contribution in [0.5, 0.6) is 0 Å². The van der Waals surface area contributed by atoms with Gasteiger partial charge in [-0.05, 0) is 55.2 Å². The van der Waals surface area contributed by atoms with Crippen molar-refractivity contribution in [1.82, 2.24) is 10.6 Å². The number of halogens is 1. The molecule has 0 aliphatic heterocycles. The first kappa shape index (κ1) is 28.0. The molecule has 0 bridgehead atoms. The highest BCUT2D eigenvalue weighted by atomic mass is 35.5. The predicted molar refractivity (Wildman–Crippen MR) is 133 cm³/mol. The van der Waals surface area contributed by atoms with Crippen LogP contribution in [0.15, 0.2) is 30.9 Å². The van der Waals surface area contributed by atoms with Crippen molar-refractivity contribution >= 4 is 23.6 Å². The first-order chi connectivity index (χ1) is 14.8. The molecular formula is C26H41ClN2O3. The van der Waals surface area contributed by atoms with E-state index in [4.69, 9.17) is 16.3 Å². The summed E-state index contributed by atoms with van der Waals surface area (Å²) in [5.74, 6) is -0.134. The van der Waals surface area contributed by atoms with Crippen LogP contribution >= 0.6 is 11.6 Å². The van der Waals surface area contributed by atoms with Gasteiger partial charge in [0.25, 0.3) is 0 Å². The van der Waals surface area contributed by atoms with Gasteiger partial charge >= 0.3 is 12.0 Å². The Morgan fingerprint density at radius 1 is 1.22 bits per heavy atom. The summed E-state index contributed by atoms with van der Waals surface area (Å²) in [6, 6.07) is 5.71. The highest BCUT2D eigenvalue weighted by Gasteiger charge is 2.38. The summed E-state index contributed by atoms with van der Waals surface area (Å²) in [4.78, 5) is 24.3. The lowest BCUT2D eigenvalue weighted by Crippen LogP contribution is -2.53. The van der Waals surface area contributed by atoms with Gasteiger partial charge in [0.05, 0.1) is 18.6 Å². The number of esters is 1. The van der Waals surface area contributed by atoms with Crippen LogP contribution in [0.25, 0.3) is 0 Å². The summed E-state index contributed by atoms with van der Waals surface area (Å²) in [5.41, 5.74) is 1.52. The van der Waals surface area contributed by atoms with Crippen LogP contribution in [0.4, 0.5) is 4.79 Å². The Balaban J connectivity index is 3.10. The van der Waals surface area contributed by atoms with E-state index in [1.54, 1.807) is 6.92 Å². The van der Waals surface area contributed by atoms with Crippen LogP contribution in [0.2, 0.25) is 5.02 Å². The molecule has 2 unspecified atom stereocenters. The molecular weight excluding hydrogens is 424 g/mol. The molecule has 5 nitrogen and oxygen atoms in total. The fourth-order valence-corrected chi connectivity index (χ4v) is 4.17. The van der Waals surface area contributed by atoms with Crippen molar-refractivity contribution < 1.29 is 14.3 Å². The van der Waals surface area contributed by atoms with Gasteiger partial charge in [0.1, 0.15) is 0 Å². The van der Waals surface area contributed by atoms with Gasteiger partial charge in [-0.25, -0.2) is 4.79 Å². The Kier molecular flexibility index (Phi) is 10.8. The molecule has 2 N–H and O–H groups in total. The average Bonchev–Trinajstić information content (AvgIpc) is 2.66. The molecule has 2 amide bonds. The van der Waals surface area contributed by atoms with Gasteiger partial charge in [0, 0.05) is 17.5 Å². The molecule has 0 aliphatic rings. The summed E-state index contributed by atoms with van der Waals surface area (Å²) < 4.78 is 4.91. The molecule has 6 heteroatoms. The van der Waals surface area contributed by atoms with Crippen molar-refractivity contribution in [3.63, 3.8) is 0 Å². The second kappa shape index (κ2) is 12.3. The van der Waals surface area contributed by atoms with E-state index in [1.165, 1.54) is 0 Å². The molecule has 0 aromatic heterocycles. The van der Waals surface area contributed by atoms with E-state index in [-0.39, 0.29) is 42.2 Å². The van der Waals surface area contributed by atoms with Crippen LogP contribution in [0.3, 0.4) is 0 Å². The van der Waals surface area contributed by atoms with Crippen LogP contribution in [-0.4, -0.2) is 25.2 Å².